The SMILES string of the molecule is CC1=NO[C@@]2(CC[C@H](C)N3C[C@H]2n2cc(C(=O)NCc4ccc(F)cc4F)c(=O)c(OCOC(=O)[C@H]4C(COP(=O)(O)O)[C@@H]4C(=O)O)c2C3=O)C1. The van der Waals surface area contributed by atoms with Gasteiger partial charge in [-0.25, -0.2) is 13.3 Å². The van der Waals surface area contributed by atoms with E-state index in [2.05, 4.69) is 15.0 Å². The number of rotatable bonds is 11. The molecule has 274 valence electrons. The number of hydrogen-bond acceptors (Lipinski definition) is 11. The van der Waals surface area contributed by atoms with Gasteiger partial charge in [0.1, 0.15) is 17.2 Å². The minimum absolute atomic E-state index is 0.0788. The third-order valence-corrected chi connectivity index (χ3v) is 10.2. The number of carbonyl (C=O) groups is 4. The van der Waals surface area contributed by atoms with Crippen LogP contribution in [0.1, 0.15) is 65.6 Å². The van der Waals surface area contributed by atoms with Crippen LogP contribution in [-0.4, -0.2) is 85.4 Å². The second kappa shape index (κ2) is 13.4. The number of fused-ring (bicyclic) bond motifs is 5. The number of benzene rings is 1. The van der Waals surface area contributed by atoms with Gasteiger partial charge in [-0.1, -0.05) is 11.2 Å². The molecule has 4 aliphatic rings. The Morgan fingerprint density at radius 3 is 2.59 bits per heavy atom. The molecule has 4 N–H and O–H groups in total. The van der Waals surface area contributed by atoms with E-state index in [1.54, 1.807) is 6.92 Å². The van der Waals surface area contributed by atoms with Crippen molar-refractivity contribution in [3.63, 3.8) is 0 Å². The van der Waals surface area contributed by atoms with E-state index in [1.165, 1.54) is 15.7 Å². The number of hydrogen-bond donors (Lipinski definition) is 4. The summed E-state index contributed by atoms with van der Waals surface area (Å²) < 4.78 is 55.3. The van der Waals surface area contributed by atoms with E-state index in [4.69, 9.17) is 24.1 Å². The largest absolute Gasteiger partial charge is 0.481 e. The minimum atomic E-state index is -4.97. The van der Waals surface area contributed by atoms with Crippen molar-refractivity contribution in [3.8, 4) is 5.75 Å². The maximum absolute atomic E-state index is 14.3. The summed E-state index contributed by atoms with van der Waals surface area (Å²) in [5.41, 5.74) is -2.28. The third-order valence-electron chi connectivity index (χ3n) is 9.69. The molecule has 1 saturated carbocycles. The van der Waals surface area contributed by atoms with E-state index in [-0.39, 0.29) is 23.8 Å². The Balaban J connectivity index is 1.33. The number of nitrogens with zero attached hydrogens (tertiary/aromatic N) is 3. The van der Waals surface area contributed by atoms with Crippen molar-refractivity contribution in [2.24, 2.45) is 22.9 Å². The molecule has 2 fully saturated rings. The molecular formula is C31H33F2N4O13P. The van der Waals surface area contributed by atoms with Gasteiger partial charge in [-0.15, -0.1) is 0 Å². The molecule has 3 aliphatic heterocycles. The van der Waals surface area contributed by atoms with Gasteiger partial charge in [0.2, 0.25) is 18.0 Å². The van der Waals surface area contributed by atoms with Crippen LogP contribution in [0.25, 0.3) is 0 Å². The van der Waals surface area contributed by atoms with Gasteiger partial charge in [-0.3, -0.25) is 28.5 Å². The lowest BCUT2D eigenvalue weighted by Crippen LogP contribution is -2.52. The molecule has 0 radical (unpaired) electrons. The fourth-order valence-corrected chi connectivity index (χ4v) is 7.37. The minimum Gasteiger partial charge on any atom is -0.481 e. The maximum atomic E-state index is 14.3. The van der Waals surface area contributed by atoms with Crippen molar-refractivity contribution in [1.82, 2.24) is 14.8 Å². The number of phosphoric acid groups is 1. The number of carboxylic acid groups (broad SMARTS) is 1. The topological polar surface area (TPSA) is 233 Å². The lowest BCUT2D eigenvalue weighted by Gasteiger charge is -2.42. The van der Waals surface area contributed by atoms with Crippen molar-refractivity contribution < 1.29 is 66.3 Å². The Kier molecular flexibility index (Phi) is 9.51. The van der Waals surface area contributed by atoms with E-state index < -0.39 is 109 Å². The zero-order valence-electron chi connectivity index (χ0n) is 27.1. The van der Waals surface area contributed by atoms with Crippen molar-refractivity contribution in [3.05, 3.63) is 63.1 Å². The quantitative estimate of drug-likeness (QED) is 0.146. The van der Waals surface area contributed by atoms with Crippen LogP contribution >= 0.6 is 7.82 Å². The molecule has 1 spiro atoms. The van der Waals surface area contributed by atoms with Gasteiger partial charge in [0, 0.05) is 49.3 Å². The molecular weight excluding hydrogens is 705 g/mol. The van der Waals surface area contributed by atoms with Crippen LogP contribution in [0, 0.1) is 29.4 Å². The first kappa shape index (κ1) is 36.1. The molecule has 1 unspecified atom stereocenters. The molecule has 51 heavy (non-hydrogen) atoms. The lowest BCUT2D eigenvalue weighted by molar-refractivity contribution is -0.154. The second-order valence-electron chi connectivity index (χ2n) is 13.0. The average Bonchev–Trinajstić information content (AvgIpc) is 3.70. The van der Waals surface area contributed by atoms with Gasteiger partial charge in [0.15, 0.2) is 11.3 Å². The number of ether oxygens (including phenoxy) is 2. The number of nitrogens with one attached hydrogen (secondary N) is 1. The van der Waals surface area contributed by atoms with E-state index in [9.17, 15) is 42.4 Å². The average molecular weight is 739 g/mol. The molecule has 1 saturated heterocycles. The smallest absolute Gasteiger partial charge is 0.469 e. The summed E-state index contributed by atoms with van der Waals surface area (Å²) >= 11 is 0. The van der Waals surface area contributed by atoms with Gasteiger partial charge in [0.25, 0.3) is 11.8 Å². The first-order valence-electron chi connectivity index (χ1n) is 15.8. The molecule has 2 bridgehead atoms. The van der Waals surface area contributed by atoms with Crippen LogP contribution in [0.15, 0.2) is 34.3 Å². The predicted octanol–water partition coefficient (Wildman–Crippen LogP) is 1.71. The number of phosphoric ester groups is 1. The number of carbonyl (C=O) groups excluding carboxylic acids is 3. The number of aliphatic carboxylic acids is 1. The van der Waals surface area contributed by atoms with Gasteiger partial charge in [-0.05, 0) is 32.8 Å². The van der Waals surface area contributed by atoms with E-state index in [0.717, 1.165) is 12.1 Å². The molecule has 2 amide bonds. The summed E-state index contributed by atoms with van der Waals surface area (Å²) in [6.45, 7) is 1.49. The fraction of sp³-hybridized carbons (Fsp3) is 0.484. The number of oxime groups is 1. The van der Waals surface area contributed by atoms with Gasteiger partial charge >= 0.3 is 19.8 Å². The molecule has 6 rings (SSSR count). The molecule has 1 aromatic carbocycles. The summed E-state index contributed by atoms with van der Waals surface area (Å²) in [4.78, 5) is 91.4. The zero-order chi connectivity index (χ0) is 37.0. The highest BCUT2D eigenvalue weighted by Crippen LogP contribution is 2.50. The molecule has 4 heterocycles. The van der Waals surface area contributed by atoms with Gasteiger partial charge < -0.3 is 44.0 Å². The third kappa shape index (κ3) is 6.98. The van der Waals surface area contributed by atoms with Crippen molar-refractivity contribution in [2.45, 2.75) is 57.3 Å². The van der Waals surface area contributed by atoms with Crippen LogP contribution in [0.2, 0.25) is 0 Å². The summed E-state index contributed by atoms with van der Waals surface area (Å²) in [5.74, 6) is -10.5. The molecule has 1 aromatic heterocycles. The molecule has 1 aliphatic carbocycles. The number of amides is 2. The van der Waals surface area contributed by atoms with E-state index in [0.29, 0.717) is 31.0 Å². The van der Waals surface area contributed by atoms with E-state index >= 15 is 0 Å². The molecule has 2 aromatic rings. The van der Waals surface area contributed by atoms with Crippen LogP contribution in [-0.2, 0) is 34.8 Å². The Morgan fingerprint density at radius 2 is 1.94 bits per heavy atom. The monoisotopic (exact) mass is 738 g/mol. The summed E-state index contributed by atoms with van der Waals surface area (Å²) in [6, 6.07) is 1.73. The first-order chi connectivity index (χ1) is 24.0. The highest BCUT2D eigenvalue weighted by atomic mass is 31.2. The fourth-order valence-electron chi connectivity index (χ4n) is 7.01. The Morgan fingerprint density at radius 1 is 1.20 bits per heavy atom. The standard InChI is InChI=1S/C31H33F2N4O13P/c1-14-8-31(50-35-14)6-5-15(2)36-11-21(31)37-10-18(27(39)34-9-16-3-4-17(32)7-20(16)33)25(38)26(24(37)28(36)40)47-13-48-30(43)23-19(22(23)29(41)42)12-49-51(44,45)46/h3-4,7,10,15,19,21-23H,5-6,8-9,11-13H2,1-2H3,(H,34,39)(H,41,42)(H2,44,45,46)/t15-,19?,21+,22-,23-,31-/m0/s1. The Bertz CT molecular complexity index is 1950. The van der Waals surface area contributed by atoms with Crippen molar-refractivity contribution >= 4 is 37.3 Å². The van der Waals surface area contributed by atoms with Crippen LogP contribution in [0.3, 0.4) is 0 Å². The molecule has 20 heteroatoms. The highest BCUT2D eigenvalue weighted by molar-refractivity contribution is 7.46. The van der Waals surface area contributed by atoms with Gasteiger partial charge in [0.05, 0.1) is 30.2 Å². The van der Waals surface area contributed by atoms with Crippen LogP contribution in [0.4, 0.5) is 8.78 Å². The molecule has 17 nitrogen and oxygen atoms in total. The summed E-state index contributed by atoms with van der Waals surface area (Å²) in [7, 11) is -4.97. The number of pyridine rings is 1. The maximum Gasteiger partial charge on any atom is 0.469 e. The van der Waals surface area contributed by atoms with Gasteiger partial charge in [-0.2, -0.15) is 0 Å². The van der Waals surface area contributed by atoms with E-state index in [1.807, 2.05) is 6.92 Å². The first-order valence-corrected chi connectivity index (χ1v) is 17.3. The Hall–Kier alpha value is -4.71. The normalized spacial score (nSPS) is 26.5. The zero-order valence-corrected chi connectivity index (χ0v) is 28.0. The lowest BCUT2D eigenvalue weighted by atomic mass is 9.84. The number of carboxylic acids is 1. The number of aromatic nitrogens is 1. The highest BCUT2D eigenvalue weighted by Gasteiger charge is 2.61. The summed E-state index contributed by atoms with van der Waals surface area (Å²) in [6.07, 6.45) is 2.51. The van der Waals surface area contributed by atoms with Crippen LogP contribution < -0.4 is 15.5 Å². The second-order valence-corrected chi connectivity index (χ2v) is 14.2. The van der Waals surface area contributed by atoms with Crippen LogP contribution in [0.5, 0.6) is 5.75 Å². The number of halogens is 2. The molecule has 6 atom stereocenters. The Labute approximate surface area is 287 Å². The predicted molar refractivity (Wildman–Crippen MR) is 166 cm³/mol. The number of esters is 1. The summed E-state index contributed by atoms with van der Waals surface area (Å²) in [5, 5.41) is 16.0. The van der Waals surface area contributed by atoms with Crippen molar-refractivity contribution in [1.29, 1.82) is 0 Å². The van der Waals surface area contributed by atoms with Crippen molar-refractivity contribution in [2.75, 3.05) is 19.9 Å².